The Bertz CT molecular complexity index is 770. The lowest BCUT2D eigenvalue weighted by molar-refractivity contribution is -0.124. The van der Waals surface area contributed by atoms with Crippen LogP contribution in [0, 0.1) is 0 Å². The topological polar surface area (TPSA) is 78.9 Å². The van der Waals surface area contributed by atoms with E-state index in [9.17, 15) is 14.7 Å². The normalized spacial score (nSPS) is 12.1. The fourth-order valence-corrected chi connectivity index (χ4v) is 2.59. The van der Waals surface area contributed by atoms with Gasteiger partial charge in [-0.15, -0.1) is 0 Å². The zero-order valence-corrected chi connectivity index (χ0v) is 17.0. The molecule has 0 heterocycles. The summed E-state index contributed by atoms with van der Waals surface area (Å²) in [4.78, 5) is 25.3. The van der Waals surface area contributed by atoms with Crippen molar-refractivity contribution in [1.82, 2.24) is 10.2 Å². The Kier molecular flexibility index (Phi) is 8.38. The first-order chi connectivity index (χ1) is 13.3. The van der Waals surface area contributed by atoms with E-state index in [2.05, 4.69) is 5.32 Å². The Morgan fingerprint density at radius 3 is 2.07 bits per heavy atom. The van der Waals surface area contributed by atoms with Crippen molar-refractivity contribution in [1.29, 1.82) is 0 Å². The van der Waals surface area contributed by atoms with Crippen molar-refractivity contribution in [3.05, 3.63) is 71.8 Å². The molecule has 0 fully saturated rings. The minimum Gasteiger partial charge on any atom is -0.444 e. The number of carbonyl (C=O) groups excluding carboxylic acids is 2. The van der Waals surface area contributed by atoms with E-state index in [1.807, 2.05) is 36.4 Å². The standard InChI is InChI=1S/C19H19Cl3N2O4/c20-19(21,22)17(26)24(18(27)28-13-15-9-5-2-6-10-15)12-16(25)23-11-14-7-3-1-4-8-14/h1-10,17,26H,11-13H2,(H,23,25). The summed E-state index contributed by atoms with van der Waals surface area (Å²) >= 11 is 17.1. The van der Waals surface area contributed by atoms with E-state index in [4.69, 9.17) is 39.5 Å². The van der Waals surface area contributed by atoms with Crippen molar-refractivity contribution in [2.45, 2.75) is 23.2 Å². The van der Waals surface area contributed by atoms with E-state index in [0.717, 1.165) is 11.1 Å². The van der Waals surface area contributed by atoms with Crippen molar-refractivity contribution in [2.24, 2.45) is 0 Å². The first kappa shape index (κ1) is 22.3. The minimum atomic E-state index is -2.22. The molecular formula is C19H19Cl3N2O4. The van der Waals surface area contributed by atoms with E-state index >= 15 is 0 Å². The number of alkyl halides is 3. The summed E-state index contributed by atoms with van der Waals surface area (Å²) in [7, 11) is 0. The molecule has 0 aliphatic carbocycles. The van der Waals surface area contributed by atoms with Crippen LogP contribution < -0.4 is 5.32 Å². The monoisotopic (exact) mass is 444 g/mol. The van der Waals surface area contributed by atoms with E-state index in [-0.39, 0.29) is 13.2 Å². The zero-order chi connectivity index (χ0) is 20.6. The molecule has 2 N–H and O–H groups in total. The van der Waals surface area contributed by atoms with Crippen LogP contribution in [0.3, 0.4) is 0 Å². The number of hydrogen-bond donors (Lipinski definition) is 2. The highest BCUT2D eigenvalue weighted by Crippen LogP contribution is 2.32. The molecule has 9 heteroatoms. The molecule has 1 atom stereocenters. The van der Waals surface area contributed by atoms with Gasteiger partial charge in [-0.2, -0.15) is 0 Å². The van der Waals surface area contributed by atoms with Crippen molar-refractivity contribution < 1.29 is 19.4 Å². The van der Waals surface area contributed by atoms with Gasteiger partial charge < -0.3 is 15.2 Å². The number of ether oxygens (including phenoxy) is 1. The van der Waals surface area contributed by atoms with Crippen LogP contribution in [0.5, 0.6) is 0 Å². The molecular weight excluding hydrogens is 427 g/mol. The molecule has 0 radical (unpaired) electrons. The number of nitrogens with one attached hydrogen (secondary N) is 1. The van der Waals surface area contributed by atoms with Gasteiger partial charge in [0.25, 0.3) is 0 Å². The third-order valence-corrected chi connectivity index (χ3v) is 4.26. The number of carbonyl (C=O) groups is 2. The van der Waals surface area contributed by atoms with Gasteiger partial charge in [-0.1, -0.05) is 95.5 Å². The molecule has 0 aliphatic heterocycles. The molecule has 1 unspecified atom stereocenters. The summed E-state index contributed by atoms with van der Waals surface area (Å²) in [6.45, 7) is -0.361. The van der Waals surface area contributed by atoms with E-state index in [1.54, 1.807) is 24.3 Å². The molecule has 0 bridgehead atoms. The molecule has 0 aliphatic rings. The van der Waals surface area contributed by atoms with Crippen LogP contribution in [0.2, 0.25) is 0 Å². The number of benzene rings is 2. The summed E-state index contributed by atoms with van der Waals surface area (Å²) in [6, 6.07) is 18.1. The van der Waals surface area contributed by atoms with E-state index < -0.39 is 28.6 Å². The highest BCUT2D eigenvalue weighted by molar-refractivity contribution is 6.68. The van der Waals surface area contributed by atoms with Gasteiger partial charge in [0.05, 0.1) is 0 Å². The average molecular weight is 446 g/mol. The van der Waals surface area contributed by atoms with Gasteiger partial charge in [-0.05, 0) is 11.1 Å². The molecule has 0 spiro atoms. The van der Waals surface area contributed by atoms with Gasteiger partial charge in [-0.3, -0.25) is 9.69 Å². The Balaban J connectivity index is 1.99. The molecule has 2 aromatic rings. The molecule has 150 valence electrons. The highest BCUT2D eigenvalue weighted by Gasteiger charge is 2.40. The summed E-state index contributed by atoms with van der Waals surface area (Å²) in [6.07, 6.45) is -2.86. The van der Waals surface area contributed by atoms with Gasteiger partial charge in [0.1, 0.15) is 13.2 Å². The molecule has 0 saturated heterocycles. The maximum Gasteiger partial charge on any atom is 0.412 e. The number of amides is 2. The molecule has 28 heavy (non-hydrogen) atoms. The summed E-state index contributed by atoms with van der Waals surface area (Å²) < 4.78 is 2.92. The van der Waals surface area contributed by atoms with E-state index in [0.29, 0.717) is 4.90 Å². The Labute approximate surface area is 177 Å². The van der Waals surface area contributed by atoms with Gasteiger partial charge >= 0.3 is 6.09 Å². The van der Waals surface area contributed by atoms with Gasteiger partial charge in [0.2, 0.25) is 9.70 Å². The zero-order valence-electron chi connectivity index (χ0n) is 14.7. The van der Waals surface area contributed by atoms with Crippen LogP contribution in [-0.4, -0.2) is 38.6 Å². The average Bonchev–Trinajstić information content (AvgIpc) is 2.69. The van der Waals surface area contributed by atoms with Gasteiger partial charge in [0, 0.05) is 6.54 Å². The number of rotatable bonds is 7. The molecule has 2 amide bonds. The lowest BCUT2D eigenvalue weighted by atomic mass is 10.2. The molecule has 0 aromatic heterocycles. The number of aliphatic hydroxyl groups excluding tert-OH is 1. The fourth-order valence-electron chi connectivity index (χ4n) is 2.24. The lowest BCUT2D eigenvalue weighted by Gasteiger charge is -2.30. The Morgan fingerprint density at radius 2 is 1.54 bits per heavy atom. The summed E-state index contributed by atoms with van der Waals surface area (Å²) in [5.74, 6) is -0.547. The maximum absolute atomic E-state index is 12.4. The number of halogens is 3. The van der Waals surface area contributed by atoms with Crippen LogP contribution in [0.4, 0.5) is 4.79 Å². The highest BCUT2D eigenvalue weighted by atomic mass is 35.6. The predicted molar refractivity (Wildman–Crippen MR) is 108 cm³/mol. The molecule has 2 rings (SSSR count). The second-order valence-electron chi connectivity index (χ2n) is 5.85. The van der Waals surface area contributed by atoms with Crippen LogP contribution in [0.25, 0.3) is 0 Å². The first-order valence-electron chi connectivity index (χ1n) is 8.30. The van der Waals surface area contributed by atoms with Crippen molar-refractivity contribution in [2.75, 3.05) is 6.54 Å². The quantitative estimate of drug-likeness (QED) is 0.504. The van der Waals surface area contributed by atoms with E-state index in [1.165, 1.54) is 0 Å². The van der Waals surface area contributed by atoms with Crippen molar-refractivity contribution >= 4 is 46.8 Å². The largest absolute Gasteiger partial charge is 0.444 e. The third-order valence-electron chi connectivity index (χ3n) is 3.67. The second-order valence-corrected chi connectivity index (χ2v) is 8.21. The lowest BCUT2D eigenvalue weighted by Crippen LogP contribution is -2.51. The summed E-state index contributed by atoms with van der Waals surface area (Å²) in [5.41, 5.74) is 1.60. The van der Waals surface area contributed by atoms with Crippen molar-refractivity contribution in [3.63, 3.8) is 0 Å². The third kappa shape index (κ3) is 7.20. The predicted octanol–water partition coefficient (Wildman–Crippen LogP) is 3.63. The number of hydrogen-bond acceptors (Lipinski definition) is 4. The fraction of sp³-hybridized carbons (Fsp3) is 0.263. The second kappa shape index (κ2) is 10.5. The first-order valence-corrected chi connectivity index (χ1v) is 9.43. The SMILES string of the molecule is O=C(CN(C(=O)OCc1ccccc1)C(O)C(Cl)(Cl)Cl)NCc1ccccc1. The number of nitrogens with zero attached hydrogens (tertiary/aromatic N) is 1. The van der Waals surface area contributed by atoms with Gasteiger partial charge in [-0.25, -0.2) is 4.79 Å². The van der Waals surface area contributed by atoms with Crippen molar-refractivity contribution in [3.8, 4) is 0 Å². The molecule has 0 saturated carbocycles. The summed E-state index contributed by atoms with van der Waals surface area (Å²) in [5, 5.41) is 12.8. The van der Waals surface area contributed by atoms with Gasteiger partial charge in [0.15, 0.2) is 6.23 Å². The Hall–Kier alpha value is -1.99. The maximum atomic E-state index is 12.4. The van der Waals surface area contributed by atoms with Crippen LogP contribution in [-0.2, 0) is 22.7 Å². The smallest absolute Gasteiger partial charge is 0.412 e. The molecule has 2 aromatic carbocycles. The van der Waals surface area contributed by atoms with Crippen LogP contribution in [0.1, 0.15) is 11.1 Å². The van der Waals surface area contributed by atoms with Crippen LogP contribution >= 0.6 is 34.8 Å². The van der Waals surface area contributed by atoms with Crippen LogP contribution in [0.15, 0.2) is 60.7 Å². The number of aliphatic hydroxyl groups is 1. The molecule has 6 nitrogen and oxygen atoms in total. The minimum absolute atomic E-state index is 0.0611. The Morgan fingerprint density at radius 1 is 1.00 bits per heavy atom.